The van der Waals surface area contributed by atoms with Crippen LogP contribution in [-0.2, 0) is 13.0 Å². The monoisotopic (exact) mass is 230 g/mol. The summed E-state index contributed by atoms with van der Waals surface area (Å²) in [6.45, 7) is 2.95. The van der Waals surface area contributed by atoms with Gasteiger partial charge in [0.25, 0.3) is 0 Å². The Balaban J connectivity index is 1.91. The van der Waals surface area contributed by atoms with Crippen molar-refractivity contribution >= 4 is 0 Å². The van der Waals surface area contributed by atoms with Gasteiger partial charge in [-0.25, -0.2) is 9.37 Å². The Bertz CT molecular complexity index is 545. The van der Waals surface area contributed by atoms with E-state index in [2.05, 4.69) is 9.55 Å². The third-order valence-corrected chi connectivity index (χ3v) is 3.61. The van der Waals surface area contributed by atoms with E-state index in [-0.39, 0.29) is 5.82 Å². The molecule has 0 saturated heterocycles. The molecule has 1 aliphatic heterocycles. The SMILES string of the molecule is Cc1ncc2n1CC(c1cccc(F)c1)CC2. The van der Waals surface area contributed by atoms with Gasteiger partial charge in [0, 0.05) is 24.4 Å². The highest BCUT2D eigenvalue weighted by atomic mass is 19.1. The van der Waals surface area contributed by atoms with Crippen LogP contribution >= 0.6 is 0 Å². The third-order valence-electron chi connectivity index (χ3n) is 3.61. The molecule has 0 radical (unpaired) electrons. The van der Waals surface area contributed by atoms with Crippen LogP contribution in [0.5, 0.6) is 0 Å². The van der Waals surface area contributed by atoms with E-state index in [1.165, 1.54) is 11.8 Å². The lowest BCUT2D eigenvalue weighted by Gasteiger charge is -2.25. The number of imidazole rings is 1. The van der Waals surface area contributed by atoms with Crippen LogP contribution in [0.1, 0.15) is 29.4 Å². The number of aryl methyl sites for hydroxylation is 2. The van der Waals surface area contributed by atoms with Crippen molar-refractivity contribution in [2.75, 3.05) is 0 Å². The maximum absolute atomic E-state index is 13.2. The first kappa shape index (κ1) is 10.5. The molecule has 2 aromatic rings. The smallest absolute Gasteiger partial charge is 0.123 e. The van der Waals surface area contributed by atoms with Gasteiger partial charge in [-0.2, -0.15) is 0 Å². The van der Waals surface area contributed by atoms with Crippen molar-refractivity contribution in [2.24, 2.45) is 0 Å². The number of nitrogens with zero attached hydrogens (tertiary/aromatic N) is 2. The Kier molecular flexibility index (Phi) is 2.46. The average molecular weight is 230 g/mol. The summed E-state index contributed by atoms with van der Waals surface area (Å²) < 4.78 is 15.5. The largest absolute Gasteiger partial charge is 0.332 e. The van der Waals surface area contributed by atoms with E-state index < -0.39 is 0 Å². The highest BCUT2D eigenvalue weighted by molar-refractivity contribution is 5.23. The summed E-state index contributed by atoms with van der Waals surface area (Å²) in [6, 6.07) is 6.97. The number of benzene rings is 1. The van der Waals surface area contributed by atoms with Crippen molar-refractivity contribution in [2.45, 2.75) is 32.2 Å². The molecule has 1 aliphatic rings. The van der Waals surface area contributed by atoms with E-state index in [0.717, 1.165) is 30.8 Å². The third kappa shape index (κ3) is 1.86. The molecule has 1 unspecified atom stereocenters. The molecule has 0 fully saturated rings. The Morgan fingerprint density at radius 2 is 2.29 bits per heavy atom. The van der Waals surface area contributed by atoms with Gasteiger partial charge in [0.15, 0.2) is 0 Å². The lowest BCUT2D eigenvalue weighted by molar-refractivity contribution is 0.454. The predicted molar refractivity (Wildman–Crippen MR) is 64.4 cm³/mol. The number of aromatic nitrogens is 2. The van der Waals surface area contributed by atoms with Crippen LogP contribution in [0.25, 0.3) is 0 Å². The van der Waals surface area contributed by atoms with Crippen LogP contribution in [-0.4, -0.2) is 9.55 Å². The first-order valence-electron chi connectivity index (χ1n) is 6.00. The Morgan fingerprint density at radius 1 is 1.41 bits per heavy atom. The first-order valence-corrected chi connectivity index (χ1v) is 6.00. The van der Waals surface area contributed by atoms with Crippen LogP contribution < -0.4 is 0 Å². The van der Waals surface area contributed by atoms with Crippen LogP contribution in [0, 0.1) is 12.7 Å². The van der Waals surface area contributed by atoms with Crippen molar-refractivity contribution in [1.82, 2.24) is 9.55 Å². The summed E-state index contributed by atoms with van der Waals surface area (Å²) in [5.74, 6) is 1.32. The molecule has 0 aliphatic carbocycles. The lowest BCUT2D eigenvalue weighted by Crippen LogP contribution is -2.19. The molecule has 0 amide bonds. The summed E-state index contributed by atoms with van der Waals surface area (Å²) in [6.07, 6.45) is 4.06. The van der Waals surface area contributed by atoms with E-state index in [4.69, 9.17) is 0 Å². The van der Waals surface area contributed by atoms with Crippen molar-refractivity contribution in [3.8, 4) is 0 Å². The summed E-state index contributed by atoms with van der Waals surface area (Å²) in [4.78, 5) is 4.33. The summed E-state index contributed by atoms with van der Waals surface area (Å²) >= 11 is 0. The van der Waals surface area contributed by atoms with Crippen molar-refractivity contribution in [1.29, 1.82) is 0 Å². The van der Waals surface area contributed by atoms with Crippen molar-refractivity contribution in [3.63, 3.8) is 0 Å². The molecule has 17 heavy (non-hydrogen) atoms. The Hall–Kier alpha value is -1.64. The van der Waals surface area contributed by atoms with Crippen LogP contribution in [0.2, 0.25) is 0 Å². The van der Waals surface area contributed by atoms with Crippen LogP contribution in [0.3, 0.4) is 0 Å². The Labute approximate surface area is 100 Å². The standard InChI is InChI=1S/C14H15FN2/c1-10-16-8-14-6-5-12(9-17(10)14)11-3-2-4-13(15)7-11/h2-4,7-8,12H,5-6,9H2,1H3. The van der Waals surface area contributed by atoms with Gasteiger partial charge in [0.2, 0.25) is 0 Å². The van der Waals surface area contributed by atoms with Gasteiger partial charge < -0.3 is 4.57 Å². The van der Waals surface area contributed by atoms with Gasteiger partial charge in [0.05, 0.1) is 0 Å². The molecular formula is C14H15FN2. The molecule has 1 atom stereocenters. The van der Waals surface area contributed by atoms with E-state index in [0.29, 0.717) is 5.92 Å². The van der Waals surface area contributed by atoms with Crippen molar-refractivity contribution in [3.05, 3.63) is 53.4 Å². The molecule has 0 spiro atoms. The molecule has 1 aromatic carbocycles. The minimum absolute atomic E-state index is 0.143. The van der Waals surface area contributed by atoms with Crippen molar-refractivity contribution < 1.29 is 4.39 Å². The fraction of sp³-hybridized carbons (Fsp3) is 0.357. The molecule has 3 heteroatoms. The number of fused-ring (bicyclic) bond motifs is 1. The van der Waals surface area contributed by atoms with Gasteiger partial charge in [-0.15, -0.1) is 0 Å². The second-order valence-corrected chi connectivity index (χ2v) is 4.70. The first-order chi connectivity index (χ1) is 8.24. The maximum Gasteiger partial charge on any atom is 0.123 e. The number of rotatable bonds is 1. The fourth-order valence-electron chi connectivity index (χ4n) is 2.63. The molecule has 88 valence electrons. The number of hydrogen-bond donors (Lipinski definition) is 0. The zero-order chi connectivity index (χ0) is 11.8. The molecule has 2 nitrogen and oxygen atoms in total. The van der Waals surface area contributed by atoms with Gasteiger partial charge in [-0.05, 0) is 37.5 Å². The van der Waals surface area contributed by atoms with E-state index in [1.54, 1.807) is 12.1 Å². The quantitative estimate of drug-likeness (QED) is 0.736. The highest BCUT2D eigenvalue weighted by Crippen LogP contribution is 2.29. The van der Waals surface area contributed by atoms with Crippen LogP contribution in [0.15, 0.2) is 30.5 Å². The van der Waals surface area contributed by atoms with E-state index in [1.807, 2.05) is 19.2 Å². The average Bonchev–Trinajstić information content (AvgIpc) is 2.71. The van der Waals surface area contributed by atoms with E-state index >= 15 is 0 Å². The van der Waals surface area contributed by atoms with Gasteiger partial charge >= 0.3 is 0 Å². The van der Waals surface area contributed by atoms with Gasteiger partial charge in [-0.3, -0.25) is 0 Å². The molecule has 0 bridgehead atoms. The fourth-order valence-corrected chi connectivity index (χ4v) is 2.63. The molecule has 0 saturated carbocycles. The minimum Gasteiger partial charge on any atom is -0.332 e. The zero-order valence-corrected chi connectivity index (χ0v) is 9.86. The topological polar surface area (TPSA) is 17.8 Å². The summed E-state index contributed by atoms with van der Waals surface area (Å²) in [7, 11) is 0. The van der Waals surface area contributed by atoms with E-state index in [9.17, 15) is 4.39 Å². The Morgan fingerprint density at radius 3 is 3.12 bits per heavy atom. The maximum atomic E-state index is 13.2. The normalized spacial score (nSPS) is 19.1. The molecule has 3 rings (SSSR count). The molecule has 0 N–H and O–H groups in total. The lowest BCUT2D eigenvalue weighted by atomic mass is 9.91. The minimum atomic E-state index is -0.143. The molecule has 2 heterocycles. The zero-order valence-electron chi connectivity index (χ0n) is 9.86. The summed E-state index contributed by atoms with van der Waals surface area (Å²) in [5.41, 5.74) is 2.40. The van der Waals surface area contributed by atoms with Gasteiger partial charge in [-0.1, -0.05) is 12.1 Å². The van der Waals surface area contributed by atoms with Gasteiger partial charge in [0.1, 0.15) is 11.6 Å². The summed E-state index contributed by atoms with van der Waals surface area (Å²) in [5, 5.41) is 0. The number of halogens is 1. The molecule has 1 aromatic heterocycles. The second-order valence-electron chi connectivity index (χ2n) is 4.70. The number of hydrogen-bond acceptors (Lipinski definition) is 1. The predicted octanol–water partition coefficient (Wildman–Crippen LogP) is 3.06. The highest BCUT2D eigenvalue weighted by Gasteiger charge is 2.21. The molecular weight excluding hydrogens is 215 g/mol. The second kappa shape index (κ2) is 3.99. The van der Waals surface area contributed by atoms with Crippen LogP contribution in [0.4, 0.5) is 4.39 Å².